The van der Waals surface area contributed by atoms with E-state index in [9.17, 15) is 14.4 Å². The van der Waals surface area contributed by atoms with Crippen LogP contribution in [0.5, 0.6) is 11.5 Å². The Hall–Kier alpha value is -3.70. The summed E-state index contributed by atoms with van der Waals surface area (Å²) < 4.78 is 24.2. The normalized spacial score (nSPS) is 14.8. The molecule has 0 saturated heterocycles. The van der Waals surface area contributed by atoms with Crippen LogP contribution in [-0.2, 0) is 19.1 Å². The summed E-state index contributed by atoms with van der Waals surface area (Å²) in [5.41, 5.74) is 2.03. The van der Waals surface area contributed by atoms with Gasteiger partial charge in [-0.2, -0.15) is 0 Å². The lowest BCUT2D eigenvalue weighted by Crippen LogP contribution is -2.40. The first-order valence-electron chi connectivity index (χ1n) is 13.2. The second kappa shape index (κ2) is 13.8. The summed E-state index contributed by atoms with van der Waals surface area (Å²) in [7, 11) is 1.55. The van der Waals surface area contributed by atoms with Gasteiger partial charge in [0.05, 0.1) is 36.1 Å². The molecule has 1 aliphatic heterocycles. The fourth-order valence-electron chi connectivity index (χ4n) is 4.49. The zero-order valence-corrected chi connectivity index (χ0v) is 25.7. The summed E-state index contributed by atoms with van der Waals surface area (Å²) in [6.07, 6.45) is 3.06. The Kier molecular flexibility index (Phi) is 10.2. The van der Waals surface area contributed by atoms with Gasteiger partial charge in [-0.3, -0.25) is 9.36 Å². The van der Waals surface area contributed by atoms with Gasteiger partial charge in [-0.25, -0.2) is 14.6 Å². The molecule has 41 heavy (non-hydrogen) atoms. The summed E-state index contributed by atoms with van der Waals surface area (Å²) in [5.74, 6) is 0.0748. The fourth-order valence-corrected chi connectivity index (χ4v) is 5.89. The minimum Gasteiger partial charge on any atom is -0.496 e. The van der Waals surface area contributed by atoms with Crippen molar-refractivity contribution < 1.29 is 28.5 Å². The first-order chi connectivity index (χ1) is 19.8. The van der Waals surface area contributed by atoms with E-state index >= 15 is 0 Å². The van der Waals surface area contributed by atoms with Crippen LogP contribution in [-0.4, -0.2) is 43.4 Å². The van der Waals surface area contributed by atoms with Crippen molar-refractivity contribution in [1.82, 2.24) is 4.57 Å². The number of aromatic nitrogens is 1. The molecule has 0 aliphatic carbocycles. The maximum atomic E-state index is 14.0. The predicted octanol–water partition coefficient (Wildman–Crippen LogP) is 4.29. The van der Waals surface area contributed by atoms with E-state index in [2.05, 4.69) is 15.9 Å². The highest BCUT2D eigenvalue weighted by Gasteiger charge is 2.36. The number of hydrogen-bond donors (Lipinski definition) is 0. The van der Waals surface area contributed by atoms with Crippen LogP contribution < -0.4 is 24.4 Å². The number of esters is 2. The molecule has 9 nitrogen and oxygen atoms in total. The molecule has 1 aliphatic rings. The minimum atomic E-state index is -0.792. The fraction of sp³-hybridized carbons (Fsp3) is 0.333. The van der Waals surface area contributed by atoms with Crippen molar-refractivity contribution in [2.24, 2.45) is 4.99 Å². The molecule has 0 unspecified atom stereocenters. The molecule has 0 saturated carbocycles. The van der Waals surface area contributed by atoms with Crippen LogP contribution in [0.1, 0.15) is 50.8 Å². The average molecular weight is 644 g/mol. The largest absolute Gasteiger partial charge is 0.496 e. The highest BCUT2D eigenvalue weighted by Crippen LogP contribution is 2.38. The zero-order chi connectivity index (χ0) is 29.5. The topological polar surface area (TPSA) is 105 Å². The Bertz CT molecular complexity index is 1640. The Labute approximate surface area is 249 Å². The number of benzene rings is 2. The lowest BCUT2D eigenvalue weighted by Gasteiger charge is -2.27. The molecule has 0 N–H and O–H groups in total. The number of methoxy groups -OCH3 is 1. The maximum Gasteiger partial charge on any atom is 0.344 e. The van der Waals surface area contributed by atoms with Crippen molar-refractivity contribution in [3.05, 3.63) is 89.0 Å². The van der Waals surface area contributed by atoms with Gasteiger partial charge in [0, 0.05) is 10.0 Å². The standard InChI is InChI=1S/C30H31BrN2O7S/c1-5-8-22-26(29(36)39-7-3)27(21-16-19(31)11-14-23(21)37-4)33-28(35)24(41-30(33)32-22)15-18-9-12-20(13-10-18)40-17-25(34)38-6-2/h9-16,27H,5-8,17H2,1-4H3/b24-15+/t27-/m0/s1. The van der Waals surface area contributed by atoms with Gasteiger partial charge in [-0.1, -0.05) is 52.7 Å². The number of thiazole rings is 1. The van der Waals surface area contributed by atoms with Crippen molar-refractivity contribution >= 4 is 45.3 Å². The number of nitrogens with zero attached hydrogens (tertiary/aromatic N) is 2. The van der Waals surface area contributed by atoms with Crippen molar-refractivity contribution in [2.45, 2.75) is 39.7 Å². The Balaban J connectivity index is 1.84. The van der Waals surface area contributed by atoms with Crippen LogP contribution in [0, 0.1) is 0 Å². The third-order valence-electron chi connectivity index (χ3n) is 6.22. The second-order valence-corrected chi connectivity index (χ2v) is 10.9. The number of fused-ring (bicyclic) bond motifs is 1. The molecule has 2 aromatic carbocycles. The molecule has 1 aromatic heterocycles. The van der Waals surface area contributed by atoms with Crippen molar-refractivity contribution in [1.29, 1.82) is 0 Å². The lowest BCUT2D eigenvalue weighted by atomic mass is 9.93. The number of halogens is 1. The van der Waals surface area contributed by atoms with Gasteiger partial charge in [0.15, 0.2) is 11.4 Å². The van der Waals surface area contributed by atoms with Gasteiger partial charge in [0.2, 0.25) is 0 Å². The Morgan fingerprint density at radius 3 is 2.46 bits per heavy atom. The smallest absolute Gasteiger partial charge is 0.344 e. The number of rotatable bonds is 11. The molecule has 0 amide bonds. The van der Waals surface area contributed by atoms with E-state index in [0.29, 0.717) is 44.1 Å². The molecule has 0 fully saturated rings. The van der Waals surface area contributed by atoms with E-state index in [4.69, 9.17) is 23.9 Å². The molecular formula is C30H31BrN2O7S. The predicted molar refractivity (Wildman–Crippen MR) is 159 cm³/mol. The van der Waals surface area contributed by atoms with Gasteiger partial charge in [0.25, 0.3) is 5.56 Å². The molecule has 0 bridgehead atoms. The first kappa shape index (κ1) is 30.3. The van der Waals surface area contributed by atoms with Crippen LogP contribution in [0.3, 0.4) is 0 Å². The molecular weight excluding hydrogens is 612 g/mol. The van der Waals surface area contributed by atoms with Crippen LogP contribution in [0.4, 0.5) is 0 Å². The molecule has 0 spiro atoms. The summed E-state index contributed by atoms with van der Waals surface area (Å²) in [6.45, 7) is 5.78. The number of carbonyl (C=O) groups excluding carboxylic acids is 2. The SMILES string of the molecule is CCCC1=C(C(=O)OCC)[C@H](c2cc(Br)ccc2OC)n2c(s/c(=C/c3ccc(OCC(=O)OCC)cc3)c2=O)=N1. The Morgan fingerprint density at radius 1 is 1.07 bits per heavy atom. The number of carbonyl (C=O) groups is 2. The molecule has 3 aromatic rings. The molecule has 216 valence electrons. The number of allylic oxidation sites excluding steroid dienone is 1. The van der Waals surface area contributed by atoms with Gasteiger partial charge in [-0.15, -0.1) is 0 Å². The third-order valence-corrected chi connectivity index (χ3v) is 7.69. The number of ether oxygens (including phenoxy) is 4. The maximum absolute atomic E-state index is 14.0. The molecule has 1 atom stereocenters. The van der Waals surface area contributed by atoms with Crippen LogP contribution in [0.2, 0.25) is 0 Å². The van der Waals surface area contributed by atoms with Crippen molar-refractivity contribution in [3.63, 3.8) is 0 Å². The zero-order valence-electron chi connectivity index (χ0n) is 23.3. The Morgan fingerprint density at radius 2 is 1.80 bits per heavy atom. The van der Waals surface area contributed by atoms with Crippen molar-refractivity contribution in [3.8, 4) is 11.5 Å². The summed E-state index contributed by atoms with van der Waals surface area (Å²) in [4.78, 5) is 44.2. The monoisotopic (exact) mass is 642 g/mol. The number of hydrogen-bond acceptors (Lipinski definition) is 9. The summed E-state index contributed by atoms with van der Waals surface area (Å²) in [6, 6.07) is 11.7. The van der Waals surface area contributed by atoms with E-state index < -0.39 is 18.0 Å². The van der Waals surface area contributed by atoms with Crippen LogP contribution in [0.25, 0.3) is 6.08 Å². The molecule has 0 radical (unpaired) electrons. The molecule has 11 heteroatoms. The van der Waals surface area contributed by atoms with Crippen LogP contribution in [0.15, 0.2) is 68.0 Å². The third kappa shape index (κ3) is 6.79. The van der Waals surface area contributed by atoms with E-state index in [1.54, 1.807) is 61.9 Å². The van der Waals surface area contributed by atoms with E-state index in [-0.39, 0.29) is 25.4 Å². The van der Waals surface area contributed by atoms with E-state index in [1.807, 2.05) is 19.1 Å². The van der Waals surface area contributed by atoms with Gasteiger partial charge < -0.3 is 18.9 Å². The van der Waals surface area contributed by atoms with Gasteiger partial charge >= 0.3 is 11.9 Å². The first-order valence-corrected chi connectivity index (χ1v) is 14.9. The van der Waals surface area contributed by atoms with Crippen LogP contribution >= 0.6 is 27.3 Å². The lowest BCUT2D eigenvalue weighted by molar-refractivity contribution is -0.145. The van der Waals surface area contributed by atoms with Gasteiger partial charge in [-0.05, 0) is 62.2 Å². The average Bonchev–Trinajstić information content (AvgIpc) is 3.26. The second-order valence-electron chi connectivity index (χ2n) is 8.96. The quantitative estimate of drug-likeness (QED) is 0.287. The highest BCUT2D eigenvalue weighted by atomic mass is 79.9. The van der Waals surface area contributed by atoms with E-state index in [0.717, 1.165) is 16.5 Å². The summed E-state index contributed by atoms with van der Waals surface area (Å²) in [5, 5.41) is 0. The minimum absolute atomic E-state index is 0.187. The molecule has 2 heterocycles. The van der Waals surface area contributed by atoms with Gasteiger partial charge in [0.1, 0.15) is 17.5 Å². The summed E-state index contributed by atoms with van der Waals surface area (Å²) >= 11 is 4.78. The highest BCUT2D eigenvalue weighted by molar-refractivity contribution is 9.10. The molecule has 4 rings (SSSR count). The van der Waals surface area contributed by atoms with E-state index in [1.165, 1.54) is 11.3 Å². The van der Waals surface area contributed by atoms with Crippen molar-refractivity contribution in [2.75, 3.05) is 26.9 Å².